The molecule has 4 aliphatic heterocycles. The lowest BCUT2D eigenvalue weighted by atomic mass is 9.70. The molecule has 3 saturated heterocycles. The number of esters is 2. The number of anilines is 1. The van der Waals surface area contributed by atoms with Gasteiger partial charge >= 0.3 is 11.9 Å². The minimum atomic E-state index is -1.92. The number of carbonyl (C=O) groups excluding carboxylic acids is 3. The van der Waals surface area contributed by atoms with Crippen LogP contribution in [0.5, 0.6) is 5.75 Å². The van der Waals surface area contributed by atoms with E-state index >= 15 is 0 Å². The van der Waals surface area contributed by atoms with Gasteiger partial charge in [-0.15, -0.1) is 0 Å². The fraction of sp³-hybridized carbons (Fsp3) is 0.622. The molecule has 1 aliphatic carbocycles. The van der Waals surface area contributed by atoms with Gasteiger partial charge in [0.2, 0.25) is 5.91 Å². The third kappa shape index (κ3) is 9.41. The van der Waals surface area contributed by atoms with Crippen molar-refractivity contribution in [2.75, 3.05) is 19.0 Å². The Hall–Kier alpha value is -3.81. The van der Waals surface area contributed by atoms with E-state index < -0.39 is 53.7 Å². The predicted octanol–water partition coefficient (Wildman–Crippen LogP) is 6.51. The van der Waals surface area contributed by atoms with Crippen molar-refractivity contribution in [1.82, 2.24) is 0 Å². The second kappa shape index (κ2) is 18.0. The van der Waals surface area contributed by atoms with E-state index in [9.17, 15) is 24.6 Å². The number of hydrogen-bond acceptors (Lipinski definition) is 11. The molecule has 3 fully saturated rings. The molecule has 1 spiro atoms. The number of allylic oxidation sites excluding steroid dienone is 2. The summed E-state index contributed by atoms with van der Waals surface area (Å²) < 4.78 is 37.3. The number of methoxy groups -OCH3 is 1. The third-order valence-electron chi connectivity index (χ3n) is 12.6. The van der Waals surface area contributed by atoms with Crippen LogP contribution in [0.3, 0.4) is 0 Å². The number of rotatable bonds is 8. The molecule has 12 atom stereocenters. The second-order valence-corrected chi connectivity index (χ2v) is 16.8. The molecule has 1 amide bonds. The number of benzene rings is 1. The Morgan fingerprint density at radius 3 is 2.54 bits per heavy atom. The van der Waals surface area contributed by atoms with Gasteiger partial charge in [-0.25, -0.2) is 0 Å². The van der Waals surface area contributed by atoms with Crippen LogP contribution in [0.1, 0.15) is 92.9 Å². The zero-order valence-electron chi connectivity index (χ0n) is 34.4. The molecule has 0 saturated carbocycles. The molecule has 2 bridgehead atoms. The van der Waals surface area contributed by atoms with E-state index in [1.165, 1.54) is 0 Å². The zero-order valence-corrected chi connectivity index (χ0v) is 34.4. The van der Waals surface area contributed by atoms with Gasteiger partial charge in [0.05, 0.1) is 38.4 Å². The monoisotopic (exact) mass is 791 g/mol. The first-order chi connectivity index (χ1) is 27.2. The highest BCUT2D eigenvalue weighted by molar-refractivity contribution is 5.92. The first kappa shape index (κ1) is 42.8. The summed E-state index contributed by atoms with van der Waals surface area (Å²) in [4.78, 5) is 40.4. The van der Waals surface area contributed by atoms with Crippen molar-refractivity contribution in [1.29, 1.82) is 0 Å². The van der Waals surface area contributed by atoms with Crippen molar-refractivity contribution in [2.24, 2.45) is 23.7 Å². The molecule has 57 heavy (non-hydrogen) atoms. The molecule has 1 aromatic carbocycles. The van der Waals surface area contributed by atoms with Crippen LogP contribution in [0.2, 0.25) is 0 Å². The molecule has 12 heteroatoms. The van der Waals surface area contributed by atoms with Gasteiger partial charge in [0.1, 0.15) is 29.5 Å². The second-order valence-electron chi connectivity index (χ2n) is 16.8. The van der Waals surface area contributed by atoms with Crippen molar-refractivity contribution in [2.45, 2.75) is 141 Å². The van der Waals surface area contributed by atoms with Crippen molar-refractivity contribution in [3.8, 4) is 5.75 Å². The van der Waals surface area contributed by atoms with Crippen LogP contribution >= 0.6 is 0 Å². The number of fused-ring (bicyclic) bond motifs is 2. The van der Waals surface area contributed by atoms with Crippen LogP contribution < -0.4 is 10.1 Å². The van der Waals surface area contributed by atoms with Crippen molar-refractivity contribution < 1.29 is 53.0 Å². The lowest BCUT2D eigenvalue weighted by molar-refractivity contribution is -0.340. The van der Waals surface area contributed by atoms with Gasteiger partial charge in [0.25, 0.3) is 0 Å². The smallest absolute Gasteiger partial charge is 0.316 e. The minimum Gasteiger partial charge on any atom is -0.497 e. The van der Waals surface area contributed by atoms with Gasteiger partial charge in [-0.3, -0.25) is 14.4 Å². The highest BCUT2D eigenvalue weighted by Crippen LogP contribution is 2.48. The third-order valence-corrected chi connectivity index (χ3v) is 12.6. The van der Waals surface area contributed by atoms with Gasteiger partial charge in [-0.1, -0.05) is 64.5 Å². The molecular formula is C45H61NO11. The molecule has 4 heterocycles. The Bertz CT molecular complexity index is 1750. The fourth-order valence-corrected chi connectivity index (χ4v) is 9.00. The molecule has 5 aliphatic rings. The highest BCUT2D eigenvalue weighted by atomic mass is 16.7. The summed E-state index contributed by atoms with van der Waals surface area (Å²) in [6.45, 7) is 12.1. The van der Waals surface area contributed by atoms with E-state index in [-0.39, 0.29) is 43.5 Å². The fourth-order valence-electron chi connectivity index (χ4n) is 9.00. The van der Waals surface area contributed by atoms with E-state index in [0.717, 1.165) is 18.4 Å². The largest absolute Gasteiger partial charge is 0.497 e. The number of aliphatic hydroxyl groups excluding tert-OH is 1. The van der Waals surface area contributed by atoms with Crippen molar-refractivity contribution >= 4 is 23.5 Å². The zero-order chi connectivity index (χ0) is 41.1. The molecule has 0 unspecified atom stereocenters. The van der Waals surface area contributed by atoms with Crippen LogP contribution in [-0.2, 0) is 38.1 Å². The molecule has 3 N–H and O–H groups in total. The Morgan fingerprint density at radius 2 is 1.82 bits per heavy atom. The maximum atomic E-state index is 14.5. The summed E-state index contributed by atoms with van der Waals surface area (Å²) in [6, 6.07) is 6.84. The van der Waals surface area contributed by atoms with Crippen molar-refractivity contribution in [3.63, 3.8) is 0 Å². The summed E-state index contributed by atoms with van der Waals surface area (Å²) in [5, 5.41) is 26.8. The average molecular weight is 792 g/mol. The quantitative estimate of drug-likeness (QED) is 0.195. The SMILES string of the molecule is CC[C@H](C)[C@H]1O[C@]2(CC[C@@H]1C)C[C@@H]1C[C@@H](C/C=C(\C)[C@@H](O)[C@@H](C)/C=C/C=C3\CO[C@@H]4[C@H](OC(=O)CCC(=O)Nc5ccc(OC)cc5)C(C)=C[C@@H](C(=O)O1)[C@]34O)O2. The summed E-state index contributed by atoms with van der Waals surface area (Å²) in [6.07, 6.45) is 8.53. The first-order valence-corrected chi connectivity index (χ1v) is 20.6. The number of carbonyl (C=O) groups is 3. The molecule has 312 valence electrons. The molecule has 12 nitrogen and oxygen atoms in total. The van der Waals surface area contributed by atoms with E-state index in [1.807, 2.05) is 26.0 Å². The minimum absolute atomic E-state index is 0.0142. The molecule has 6 rings (SSSR count). The summed E-state index contributed by atoms with van der Waals surface area (Å²) in [5.74, 6) is -2.72. The van der Waals surface area contributed by atoms with Gasteiger partial charge in [-0.05, 0) is 79.5 Å². The van der Waals surface area contributed by atoms with Crippen LogP contribution in [0.25, 0.3) is 0 Å². The highest BCUT2D eigenvalue weighted by Gasteiger charge is 2.61. The predicted molar refractivity (Wildman–Crippen MR) is 213 cm³/mol. The number of amides is 1. The van der Waals surface area contributed by atoms with Crippen LogP contribution in [0, 0.1) is 23.7 Å². The van der Waals surface area contributed by atoms with Gasteiger partial charge < -0.3 is 44.0 Å². The molecule has 1 aromatic rings. The number of nitrogens with one attached hydrogen (secondary N) is 1. The van der Waals surface area contributed by atoms with E-state index in [4.69, 9.17) is 28.4 Å². The maximum absolute atomic E-state index is 14.5. The Morgan fingerprint density at radius 1 is 1.07 bits per heavy atom. The van der Waals surface area contributed by atoms with Crippen LogP contribution in [0.4, 0.5) is 5.69 Å². The Balaban J connectivity index is 1.26. The lowest BCUT2D eigenvalue weighted by Gasteiger charge is -2.51. The van der Waals surface area contributed by atoms with Gasteiger partial charge in [0.15, 0.2) is 11.9 Å². The summed E-state index contributed by atoms with van der Waals surface area (Å²) >= 11 is 0. The lowest BCUT2D eigenvalue weighted by Crippen LogP contribution is -2.59. The van der Waals surface area contributed by atoms with Gasteiger partial charge in [-0.2, -0.15) is 0 Å². The standard InChI is InChI=1S/C45H61NO11/c1-8-26(2)40-29(5)20-21-44(57-40)24-35-23-34(56-44)15-12-28(4)39(49)27(3)10-9-11-31-25-53-42-41(30(6)22-36(43(50)54-35)45(31,42)51)55-38(48)19-18-37(47)46-32-13-16-33(52-7)17-14-32/h9-14,16-17,22,26-27,29,34-36,39-42,49,51H,8,15,18-21,23-25H2,1-7H3,(H,46,47)/b10-9+,28-12+,31-11+/t26-,27-,29-,34+,35-,36-,39-,40+,41+,42+,44+,45+/m0/s1. The van der Waals surface area contributed by atoms with Crippen LogP contribution in [0.15, 0.2) is 71.4 Å². The number of hydrogen-bond donors (Lipinski definition) is 3. The Labute approximate surface area is 336 Å². The maximum Gasteiger partial charge on any atom is 0.316 e. The normalized spacial score (nSPS) is 38.6. The summed E-state index contributed by atoms with van der Waals surface area (Å²) in [5.41, 5.74) is 0.378. The molecule has 0 aromatic heterocycles. The van der Waals surface area contributed by atoms with Gasteiger partial charge in [0, 0.05) is 37.3 Å². The first-order valence-electron chi connectivity index (χ1n) is 20.6. The van der Waals surface area contributed by atoms with Crippen molar-refractivity contribution in [3.05, 3.63) is 71.4 Å². The Kier molecular flexibility index (Phi) is 13.5. The molecular weight excluding hydrogens is 730 g/mol. The number of aliphatic hydroxyl groups is 2. The molecule has 0 radical (unpaired) electrons. The topological polar surface area (TPSA) is 159 Å². The van der Waals surface area contributed by atoms with E-state index in [1.54, 1.807) is 56.5 Å². The van der Waals surface area contributed by atoms with Crippen LogP contribution in [-0.4, -0.2) is 89.8 Å². The average Bonchev–Trinajstić information content (AvgIpc) is 3.53. The number of ether oxygens (including phenoxy) is 6. The summed E-state index contributed by atoms with van der Waals surface area (Å²) in [7, 11) is 1.55. The van der Waals surface area contributed by atoms with E-state index in [0.29, 0.717) is 60.1 Å². The van der Waals surface area contributed by atoms with E-state index in [2.05, 4.69) is 26.1 Å².